The van der Waals surface area contributed by atoms with E-state index in [0.717, 1.165) is 24.0 Å². The van der Waals surface area contributed by atoms with Crippen LogP contribution in [0.3, 0.4) is 0 Å². The number of hydrogen-bond acceptors (Lipinski definition) is 3. The fraction of sp³-hybridized carbons (Fsp3) is 0.600. The number of aliphatic hydroxyl groups is 1. The van der Waals surface area contributed by atoms with Gasteiger partial charge in [0.2, 0.25) is 0 Å². The van der Waals surface area contributed by atoms with E-state index in [1.807, 2.05) is 13.0 Å². The van der Waals surface area contributed by atoms with Crippen molar-refractivity contribution in [1.29, 1.82) is 0 Å². The highest BCUT2D eigenvalue weighted by atomic mass is 16.3. The van der Waals surface area contributed by atoms with Crippen molar-refractivity contribution < 1.29 is 10.2 Å². The first-order valence-corrected chi connectivity index (χ1v) is 6.68. The van der Waals surface area contributed by atoms with Gasteiger partial charge in [0.25, 0.3) is 0 Å². The fourth-order valence-corrected chi connectivity index (χ4v) is 2.40. The van der Waals surface area contributed by atoms with Crippen LogP contribution in [0.25, 0.3) is 0 Å². The number of nitrogens with two attached hydrogens (primary N) is 1. The summed E-state index contributed by atoms with van der Waals surface area (Å²) in [6.45, 7) is 6.13. The summed E-state index contributed by atoms with van der Waals surface area (Å²) in [5.74, 6) is 0.523. The summed E-state index contributed by atoms with van der Waals surface area (Å²) < 4.78 is 0. The number of aromatic hydroxyl groups is 1. The van der Waals surface area contributed by atoms with Gasteiger partial charge in [-0.1, -0.05) is 26.3 Å². The van der Waals surface area contributed by atoms with Crippen molar-refractivity contribution in [2.45, 2.75) is 58.1 Å². The van der Waals surface area contributed by atoms with Crippen molar-refractivity contribution in [3.63, 3.8) is 0 Å². The van der Waals surface area contributed by atoms with Crippen molar-refractivity contribution in [2.24, 2.45) is 5.73 Å². The zero-order valence-electron chi connectivity index (χ0n) is 11.6. The van der Waals surface area contributed by atoms with Crippen molar-refractivity contribution in [3.8, 4) is 5.75 Å². The quantitative estimate of drug-likeness (QED) is 0.728. The van der Waals surface area contributed by atoms with Crippen LogP contribution >= 0.6 is 0 Å². The van der Waals surface area contributed by atoms with Crippen LogP contribution in [0, 0.1) is 6.92 Å². The molecule has 18 heavy (non-hydrogen) atoms. The highest BCUT2D eigenvalue weighted by Gasteiger charge is 2.19. The SMILES string of the molecule is CCCC(N)C(O)CC(C)c1ccc(O)cc1C. The summed E-state index contributed by atoms with van der Waals surface area (Å²) in [5, 5.41) is 19.4. The second-order valence-corrected chi connectivity index (χ2v) is 5.20. The molecule has 0 spiro atoms. The predicted molar refractivity (Wildman–Crippen MR) is 74.8 cm³/mol. The number of rotatable bonds is 6. The highest BCUT2D eigenvalue weighted by molar-refractivity contribution is 5.35. The molecule has 0 aliphatic heterocycles. The molecule has 3 atom stereocenters. The third-order valence-corrected chi connectivity index (χ3v) is 3.50. The number of benzene rings is 1. The first kappa shape index (κ1) is 15.0. The van der Waals surface area contributed by atoms with Gasteiger partial charge in [-0.2, -0.15) is 0 Å². The van der Waals surface area contributed by atoms with Gasteiger partial charge in [-0.3, -0.25) is 0 Å². The van der Waals surface area contributed by atoms with E-state index in [4.69, 9.17) is 5.73 Å². The molecule has 0 bridgehead atoms. The topological polar surface area (TPSA) is 66.5 Å². The molecule has 0 saturated carbocycles. The molecule has 4 N–H and O–H groups in total. The summed E-state index contributed by atoms with van der Waals surface area (Å²) in [4.78, 5) is 0. The van der Waals surface area contributed by atoms with Crippen molar-refractivity contribution in [3.05, 3.63) is 29.3 Å². The van der Waals surface area contributed by atoms with Crippen molar-refractivity contribution >= 4 is 0 Å². The molecule has 0 heterocycles. The average Bonchev–Trinajstić information content (AvgIpc) is 2.28. The lowest BCUT2D eigenvalue weighted by Crippen LogP contribution is -2.35. The molecule has 3 nitrogen and oxygen atoms in total. The maximum Gasteiger partial charge on any atom is 0.115 e. The zero-order valence-corrected chi connectivity index (χ0v) is 11.6. The van der Waals surface area contributed by atoms with Gasteiger partial charge in [0.1, 0.15) is 5.75 Å². The Morgan fingerprint density at radius 3 is 2.56 bits per heavy atom. The summed E-state index contributed by atoms with van der Waals surface area (Å²) in [7, 11) is 0. The molecule has 3 unspecified atom stereocenters. The Morgan fingerprint density at radius 1 is 1.33 bits per heavy atom. The van der Waals surface area contributed by atoms with E-state index in [2.05, 4.69) is 13.8 Å². The number of phenolic OH excluding ortho intramolecular Hbond substituents is 1. The Bertz CT molecular complexity index is 379. The minimum absolute atomic E-state index is 0.144. The van der Waals surface area contributed by atoms with Gasteiger partial charge in [-0.15, -0.1) is 0 Å². The van der Waals surface area contributed by atoms with E-state index >= 15 is 0 Å². The molecular formula is C15H25NO2. The smallest absolute Gasteiger partial charge is 0.115 e. The average molecular weight is 251 g/mol. The first-order chi connectivity index (χ1) is 8.45. The normalized spacial score (nSPS) is 16.3. The van der Waals surface area contributed by atoms with E-state index in [1.165, 1.54) is 0 Å². The molecule has 0 aliphatic rings. The molecule has 0 aliphatic carbocycles. The van der Waals surface area contributed by atoms with Crippen LogP contribution in [0.15, 0.2) is 18.2 Å². The van der Waals surface area contributed by atoms with Gasteiger partial charge in [0, 0.05) is 6.04 Å². The van der Waals surface area contributed by atoms with Gasteiger partial charge < -0.3 is 15.9 Å². The van der Waals surface area contributed by atoms with Crippen LogP contribution < -0.4 is 5.73 Å². The number of aliphatic hydroxyl groups excluding tert-OH is 1. The van der Waals surface area contributed by atoms with E-state index in [-0.39, 0.29) is 17.7 Å². The lowest BCUT2D eigenvalue weighted by atomic mass is 9.89. The van der Waals surface area contributed by atoms with E-state index in [9.17, 15) is 10.2 Å². The fourth-order valence-electron chi connectivity index (χ4n) is 2.40. The Labute approximate surface area is 110 Å². The number of hydrogen-bond donors (Lipinski definition) is 3. The minimum atomic E-state index is -0.465. The van der Waals surface area contributed by atoms with E-state index in [0.29, 0.717) is 6.42 Å². The van der Waals surface area contributed by atoms with Crippen LogP contribution in [-0.2, 0) is 0 Å². The number of aryl methyl sites for hydroxylation is 1. The second kappa shape index (κ2) is 6.76. The van der Waals surface area contributed by atoms with Gasteiger partial charge in [0.15, 0.2) is 0 Å². The van der Waals surface area contributed by atoms with Gasteiger partial charge in [-0.25, -0.2) is 0 Å². The summed E-state index contributed by atoms with van der Waals surface area (Å²) >= 11 is 0. The molecule has 102 valence electrons. The molecule has 0 amide bonds. The first-order valence-electron chi connectivity index (χ1n) is 6.68. The van der Waals surface area contributed by atoms with Gasteiger partial charge in [-0.05, 0) is 48.9 Å². The molecule has 1 aromatic rings. The Hall–Kier alpha value is -1.06. The third-order valence-electron chi connectivity index (χ3n) is 3.50. The largest absolute Gasteiger partial charge is 0.508 e. The lowest BCUT2D eigenvalue weighted by molar-refractivity contribution is 0.124. The van der Waals surface area contributed by atoms with E-state index in [1.54, 1.807) is 12.1 Å². The Kier molecular flexibility index (Phi) is 5.63. The van der Waals surface area contributed by atoms with Crippen molar-refractivity contribution in [1.82, 2.24) is 0 Å². The molecule has 3 heteroatoms. The minimum Gasteiger partial charge on any atom is -0.508 e. The molecule has 0 radical (unpaired) electrons. The van der Waals surface area contributed by atoms with E-state index < -0.39 is 6.10 Å². The monoisotopic (exact) mass is 251 g/mol. The van der Waals surface area contributed by atoms with Crippen LogP contribution in [0.2, 0.25) is 0 Å². The zero-order chi connectivity index (χ0) is 13.7. The van der Waals surface area contributed by atoms with Crippen molar-refractivity contribution in [2.75, 3.05) is 0 Å². The molecular weight excluding hydrogens is 226 g/mol. The standard InChI is InChI=1S/C15H25NO2/c1-4-5-14(16)15(18)9-11(3)13-7-6-12(17)8-10(13)2/h6-8,11,14-15,17-18H,4-5,9,16H2,1-3H3. The van der Waals surface area contributed by atoms with Crippen LogP contribution in [-0.4, -0.2) is 22.4 Å². The molecule has 1 rings (SSSR count). The molecule has 0 fully saturated rings. The summed E-state index contributed by atoms with van der Waals surface area (Å²) in [6, 6.07) is 5.23. The molecule has 0 saturated heterocycles. The molecule has 0 aromatic heterocycles. The van der Waals surface area contributed by atoms with Crippen LogP contribution in [0.4, 0.5) is 0 Å². The molecule has 1 aromatic carbocycles. The lowest BCUT2D eigenvalue weighted by Gasteiger charge is -2.23. The number of phenols is 1. The van der Waals surface area contributed by atoms with Crippen LogP contribution in [0.1, 0.15) is 50.2 Å². The maximum atomic E-state index is 10.1. The summed E-state index contributed by atoms with van der Waals surface area (Å²) in [5.41, 5.74) is 8.14. The maximum absolute atomic E-state index is 10.1. The summed E-state index contributed by atoms with van der Waals surface area (Å²) in [6.07, 6.45) is 2.04. The van der Waals surface area contributed by atoms with Gasteiger partial charge in [0.05, 0.1) is 6.10 Å². The van der Waals surface area contributed by atoms with Crippen LogP contribution in [0.5, 0.6) is 5.75 Å². The Balaban J connectivity index is 2.67. The van der Waals surface area contributed by atoms with Gasteiger partial charge >= 0.3 is 0 Å². The second-order valence-electron chi connectivity index (χ2n) is 5.20. The highest BCUT2D eigenvalue weighted by Crippen LogP contribution is 2.27. The predicted octanol–water partition coefficient (Wildman–Crippen LogP) is 2.68. The third kappa shape index (κ3) is 4.00. The Morgan fingerprint density at radius 2 is 2.00 bits per heavy atom.